The number of benzene rings is 1. The van der Waals surface area contributed by atoms with E-state index in [1.54, 1.807) is 18.5 Å². The van der Waals surface area contributed by atoms with E-state index in [9.17, 15) is 8.42 Å². The summed E-state index contributed by atoms with van der Waals surface area (Å²) in [6, 6.07) is 3.92. The van der Waals surface area contributed by atoms with Gasteiger partial charge in [-0.15, -0.1) is 0 Å². The third kappa shape index (κ3) is 2.93. The molecule has 2 aliphatic heterocycles. The zero-order chi connectivity index (χ0) is 16.7. The standard InChI is InChI=1S/C16H23NO5S/c1-20-14-8-12-10-17(23(3,18)19)11-16(4-6-22-7-5-16)13(12)9-15(14)21-2/h8-9H,4-7,10-11H2,1-3H3. The van der Waals surface area contributed by atoms with Gasteiger partial charge in [-0.1, -0.05) is 0 Å². The smallest absolute Gasteiger partial charge is 0.211 e. The van der Waals surface area contributed by atoms with Crippen molar-refractivity contribution in [1.29, 1.82) is 0 Å². The lowest BCUT2D eigenvalue weighted by Gasteiger charge is -2.45. The van der Waals surface area contributed by atoms with Gasteiger partial charge in [-0.2, -0.15) is 4.31 Å². The number of fused-ring (bicyclic) bond motifs is 2. The van der Waals surface area contributed by atoms with Gasteiger partial charge in [0.1, 0.15) is 0 Å². The molecule has 2 aliphatic rings. The molecule has 1 aromatic carbocycles. The molecule has 0 unspecified atom stereocenters. The van der Waals surface area contributed by atoms with Gasteiger partial charge in [-0.25, -0.2) is 8.42 Å². The molecule has 1 saturated heterocycles. The van der Waals surface area contributed by atoms with E-state index in [1.165, 1.54) is 11.8 Å². The number of ether oxygens (including phenoxy) is 3. The van der Waals surface area contributed by atoms with Crippen LogP contribution in [0.3, 0.4) is 0 Å². The molecule has 0 atom stereocenters. The summed E-state index contributed by atoms with van der Waals surface area (Å²) in [7, 11) is -0.0522. The average Bonchev–Trinajstić information content (AvgIpc) is 2.53. The number of rotatable bonds is 3. The molecule has 128 valence electrons. The molecule has 3 rings (SSSR count). The number of sulfonamides is 1. The summed E-state index contributed by atoms with van der Waals surface area (Å²) in [6.07, 6.45) is 2.88. The van der Waals surface area contributed by atoms with Crippen LogP contribution >= 0.6 is 0 Å². The predicted octanol–water partition coefficient (Wildman–Crippen LogP) is 1.53. The Hall–Kier alpha value is -1.31. The second-order valence-corrected chi connectivity index (χ2v) is 8.27. The van der Waals surface area contributed by atoms with Gasteiger partial charge in [0.05, 0.1) is 20.5 Å². The van der Waals surface area contributed by atoms with Crippen LogP contribution < -0.4 is 9.47 Å². The van der Waals surface area contributed by atoms with Gasteiger partial charge in [-0.3, -0.25) is 0 Å². The van der Waals surface area contributed by atoms with Gasteiger partial charge in [0.15, 0.2) is 11.5 Å². The maximum absolute atomic E-state index is 12.1. The second kappa shape index (κ2) is 5.96. The Morgan fingerprint density at radius 1 is 1.13 bits per heavy atom. The maximum atomic E-state index is 12.1. The van der Waals surface area contributed by atoms with Gasteiger partial charge < -0.3 is 14.2 Å². The normalized spacial score (nSPS) is 21.0. The Bertz CT molecular complexity index is 695. The van der Waals surface area contributed by atoms with Crippen molar-refractivity contribution in [2.45, 2.75) is 24.8 Å². The molecule has 23 heavy (non-hydrogen) atoms. The monoisotopic (exact) mass is 341 g/mol. The third-order valence-corrected chi connectivity index (χ3v) is 6.12. The van der Waals surface area contributed by atoms with Crippen molar-refractivity contribution in [2.75, 3.05) is 40.2 Å². The van der Waals surface area contributed by atoms with E-state index in [0.717, 1.165) is 18.4 Å². The van der Waals surface area contributed by atoms with Crippen LogP contribution in [0.5, 0.6) is 11.5 Å². The molecule has 7 heteroatoms. The van der Waals surface area contributed by atoms with Crippen LogP contribution in [-0.4, -0.2) is 53.0 Å². The molecule has 6 nitrogen and oxygen atoms in total. The summed E-state index contributed by atoms with van der Waals surface area (Å²) >= 11 is 0. The highest BCUT2D eigenvalue weighted by atomic mass is 32.2. The van der Waals surface area contributed by atoms with E-state index < -0.39 is 10.0 Å². The van der Waals surface area contributed by atoms with Crippen molar-refractivity contribution in [3.63, 3.8) is 0 Å². The quantitative estimate of drug-likeness (QED) is 0.834. The van der Waals surface area contributed by atoms with Crippen LogP contribution in [0.25, 0.3) is 0 Å². The van der Waals surface area contributed by atoms with Crippen LogP contribution in [0, 0.1) is 0 Å². The molecule has 1 aromatic rings. The maximum Gasteiger partial charge on any atom is 0.211 e. The summed E-state index contributed by atoms with van der Waals surface area (Å²) in [5, 5.41) is 0. The molecule has 0 radical (unpaired) electrons. The highest BCUT2D eigenvalue weighted by Crippen LogP contribution is 2.45. The van der Waals surface area contributed by atoms with Crippen LogP contribution in [0.1, 0.15) is 24.0 Å². The van der Waals surface area contributed by atoms with Crippen molar-refractivity contribution in [3.8, 4) is 11.5 Å². The zero-order valence-electron chi connectivity index (χ0n) is 13.8. The van der Waals surface area contributed by atoms with E-state index in [2.05, 4.69) is 0 Å². The summed E-state index contributed by atoms with van der Waals surface area (Å²) in [5.74, 6) is 1.31. The van der Waals surface area contributed by atoms with Crippen LogP contribution in [-0.2, 0) is 26.7 Å². The summed E-state index contributed by atoms with van der Waals surface area (Å²) in [4.78, 5) is 0. The van der Waals surface area contributed by atoms with E-state index >= 15 is 0 Å². The fraction of sp³-hybridized carbons (Fsp3) is 0.625. The molecular formula is C16H23NO5S. The summed E-state index contributed by atoms with van der Waals surface area (Å²) in [5.41, 5.74) is 1.94. The van der Waals surface area contributed by atoms with Crippen LogP contribution in [0.15, 0.2) is 12.1 Å². The Kier molecular flexibility index (Phi) is 4.29. The van der Waals surface area contributed by atoms with Crippen molar-refractivity contribution in [1.82, 2.24) is 4.31 Å². The van der Waals surface area contributed by atoms with Crippen LogP contribution in [0.4, 0.5) is 0 Å². The zero-order valence-corrected chi connectivity index (χ0v) is 14.6. The molecule has 0 saturated carbocycles. The lowest BCUT2D eigenvalue weighted by molar-refractivity contribution is 0.0378. The summed E-state index contributed by atoms with van der Waals surface area (Å²) in [6.45, 7) is 2.16. The van der Waals surface area contributed by atoms with Crippen molar-refractivity contribution in [3.05, 3.63) is 23.3 Å². The first-order valence-corrected chi connectivity index (χ1v) is 9.53. The third-order valence-electron chi connectivity index (χ3n) is 4.93. The number of methoxy groups -OCH3 is 2. The van der Waals surface area contributed by atoms with Gasteiger partial charge in [0, 0.05) is 31.7 Å². The van der Waals surface area contributed by atoms with Gasteiger partial charge in [0.2, 0.25) is 10.0 Å². The molecule has 0 bridgehead atoms. The first-order chi connectivity index (χ1) is 10.9. The van der Waals surface area contributed by atoms with E-state index in [1.807, 2.05) is 12.1 Å². The molecule has 1 fully saturated rings. The number of hydrogen-bond acceptors (Lipinski definition) is 5. The number of hydrogen-bond donors (Lipinski definition) is 0. The van der Waals surface area contributed by atoms with Crippen molar-refractivity contribution < 1.29 is 22.6 Å². The van der Waals surface area contributed by atoms with Gasteiger partial charge >= 0.3 is 0 Å². The molecule has 1 spiro atoms. The lowest BCUT2D eigenvalue weighted by Crippen LogP contribution is -2.50. The molecule has 0 aromatic heterocycles. The van der Waals surface area contributed by atoms with E-state index in [4.69, 9.17) is 14.2 Å². The van der Waals surface area contributed by atoms with Crippen molar-refractivity contribution >= 4 is 10.0 Å². The Morgan fingerprint density at radius 2 is 1.74 bits per heavy atom. The van der Waals surface area contributed by atoms with Crippen molar-refractivity contribution in [2.24, 2.45) is 0 Å². The minimum absolute atomic E-state index is 0.214. The molecule has 0 aliphatic carbocycles. The Morgan fingerprint density at radius 3 is 2.30 bits per heavy atom. The van der Waals surface area contributed by atoms with Gasteiger partial charge in [-0.05, 0) is 36.1 Å². The minimum atomic E-state index is -3.26. The first kappa shape index (κ1) is 16.5. The fourth-order valence-corrected chi connectivity index (χ4v) is 4.49. The molecule has 0 N–H and O–H groups in total. The predicted molar refractivity (Wildman–Crippen MR) is 86.5 cm³/mol. The van der Waals surface area contributed by atoms with E-state index in [0.29, 0.717) is 37.8 Å². The number of nitrogens with zero attached hydrogens (tertiary/aromatic N) is 1. The Balaban J connectivity index is 2.15. The Labute approximate surface area is 137 Å². The minimum Gasteiger partial charge on any atom is -0.493 e. The lowest BCUT2D eigenvalue weighted by atomic mass is 9.70. The SMILES string of the molecule is COc1cc2c(cc1OC)C1(CCOCC1)CN(S(C)(=O)=O)C2. The highest BCUT2D eigenvalue weighted by molar-refractivity contribution is 7.88. The topological polar surface area (TPSA) is 65.1 Å². The largest absolute Gasteiger partial charge is 0.493 e. The molecular weight excluding hydrogens is 318 g/mol. The first-order valence-electron chi connectivity index (χ1n) is 7.68. The van der Waals surface area contributed by atoms with Gasteiger partial charge in [0.25, 0.3) is 0 Å². The second-order valence-electron chi connectivity index (χ2n) is 6.29. The average molecular weight is 341 g/mol. The highest BCUT2D eigenvalue weighted by Gasteiger charge is 2.43. The summed E-state index contributed by atoms with van der Waals surface area (Å²) < 4.78 is 42.2. The van der Waals surface area contributed by atoms with Crippen LogP contribution in [0.2, 0.25) is 0 Å². The molecule has 0 amide bonds. The van der Waals surface area contributed by atoms with E-state index in [-0.39, 0.29) is 5.41 Å². The molecule has 2 heterocycles. The fourth-order valence-electron chi connectivity index (χ4n) is 3.64.